The zero-order chi connectivity index (χ0) is 16.5. The van der Waals surface area contributed by atoms with Crippen LogP contribution in [0.5, 0.6) is 0 Å². The van der Waals surface area contributed by atoms with Gasteiger partial charge in [0.1, 0.15) is 0 Å². The smallest absolute Gasteiger partial charge is 0.312 e. The number of esters is 1. The molecule has 4 saturated carbocycles. The molecule has 1 heterocycles. The topological polar surface area (TPSA) is 26.3 Å². The fourth-order valence-corrected chi connectivity index (χ4v) is 8.72. The first-order valence-electron chi connectivity index (χ1n) is 10.8. The molecule has 1 spiro atoms. The number of ether oxygens (including phenoxy) is 1. The van der Waals surface area contributed by atoms with Crippen LogP contribution >= 0.6 is 0 Å². The predicted molar refractivity (Wildman–Crippen MR) is 94.3 cm³/mol. The Morgan fingerprint density at radius 1 is 1.00 bits per heavy atom. The third-order valence-electron chi connectivity index (χ3n) is 9.76. The van der Waals surface area contributed by atoms with Gasteiger partial charge in [0.2, 0.25) is 0 Å². The van der Waals surface area contributed by atoms with E-state index in [-0.39, 0.29) is 11.4 Å². The molecule has 134 valence electrons. The minimum absolute atomic E-state index is 0.0507. The average Bonchev–Trinajstić information content (AvgIpc) is 3.12. The largest absolute Gasteiger partial charge is 0.465 e. The Balaban J connectivity index is 1.50. The molecule has 0 radical (unpaired) electrons. The summed E-state index contributed by atoms with van der Waals surface area (Å²) in [5, 5.41) is 0. The van der Waals surface area contributed by atoms with Crippen LogP contribution in [-0.4, -0.2) is 12.6 Å². The van der Waals surface area contributed by atoms with E-state index in [1.54, 1.807) is 0 Å². The monoisotopic (exact) mass is 330 g/mol. The van der Waals surface area contributed by atoms with Crippen LogP contribution in [-0.2, 0) is 9.53 Å². The standard InChI is InChI=1S/C22H34O2/c1-3-21-10-8-14(2)12-15(21)4-6-17-18(21)9-11-22-16(5-7-19(17)22)13-24-20(22)23/h14-19H,3-13H2,1-2H3/t14-,15+,16-,17-,18+,19+,21+,22+/m1/s1. The van der Waals surface area contributed by atoms with E-state index in [9.17, 15) is 4.79 Å². The lowest BCUT2D eigenvalue weighted by molar-refractivity contribution is -0.163. The maximum absolute atomic E-state index is 12.7. The van der Waals surface area contributed by atoms with Crippen molar-refractivity contribution >= 4 is 5.97 Å². The second kappa shape index (κ2) is 5.24. The lowest BCUT2D eigenvalue weighted by atomic mass is 9.43. The summed E-state index contributed by atoms with van der Waals surface area (Å²) in [6.07, 6.45) is 13.6. The Morgan fingerprint density at radius 3 is 2.67 bits per heavy atom. The number of cyclic esters (lactones) is 1. The zero-order valence-electron chi connectivity index (χ0n) is 15.6. The maximum atomic E-state index is 12.7. The van der Waals surface area contributed by atoms with E-state index in [4.69, 9.17) is 4.74 Å². The van der Waals surface area contributed by atoms with E-state index < -0.39 is 0 Å². The molecule has 8 atom stereocenters. The van der Waals surface area contributed by atoms with Crippen molar-refractivity contribution in [3.8, 4) is 0 Å². The Hall–Kier alpha value is -0.530. The molecular formula is C22H34O2. The average molecular weight is 331 g/mol. The molecular weight excluding hydrogens is 296 g/mol. The molecule has 24 heavy (non-hydrogen) atoms. The predicted octanol–water partition coefficient (Wildman–Crippen LogP) is 5.21. The molecule has 0 aromatic rings. The summed E-state index contributed by atoms with van der Waals surface area (Å²) in [7, 11) is 0. The van der Waals surface area contributed by atoms with E-state index in [1.807, 2.05) is 0 Å². The summed E-state index contributed by atoms with van der Waals surface area (Å²) in [5.74, 6) is 5.02. The molecule has 0 unspecified atom stereocenters. The SMILES string of the molecule is CC[C@]12CC[C@@H](C)C[C@@H]1CC[C@@H]1[C@@H]2CC[C@]23C(=O)OC[C@H]2CC[C@@H]13. The van der Waals surface area contributed by atoms with E-state index >= 15 is 0 Å². The van der Waals surface area contributed by atoms with Crippen molar-refractivity contribution in [1.82, 2.24) is 0 Å². The van der Waals surface area contributed by atoms with Crippen LogP contribution in [0.15, 0.2) is 0 Å². The van der Waals surface area contributed by atoms with Gasteiger partial charge in [-0.2, -0.15) is 0 Å². The molecule has 0 aromatic heterocycles. The highest BCUT2D eigenvalue weighted by Crippen LogP contribution is 2.69. The Labute approximate surface area is 147 Å². The molecule has 2 heteroatoms. The second-order valence-corrected chi connectivity index (χ2v) is 10.1. The molecule has 5 fully saturated rings. The molecule has 0 N–H and O–H groups in total. The number of rotatable bonds is 1. The van der Waals surface area contributed by atoms with Crippen LogP contribution in [0.1, 0.15) is 78.1 Å². The van der Waals surface area contributed by atoms with Crippen LogP contribution in [0.4, 0.5) is 0 Å². The highest BCUT2D eigenvalue weighted by molar-refractivity contribution is 5.80. The molecule has 2 nitrogen and oxygen atoms in total. The minimum atomic E-state index is -0.0507. The number of carbonyl (C=O) groups is 1. The number of hydrogen-bond acceptors (Lipinski definition) is 2. The molecule has 0 amide bonds. The van der Waals surface area contributed by atoms with Gasteiger partial charge in [0.15, 0.2) is 0 Å². The highest BCUT2D eigenvalue weighted by atomic mass is 16.5. The fraction of sp³-hybridized carbons (Fsp3) is 0.955. The van der Waals surface area contributed by atoms with E-state index in [2.05, 4.69) is 13.8 Å². The van der Waals surface area contributed by atoms with Crippen molar-refractivity contribution in [2.24, 2.45) is 46.3 Å². The third-order valence-corrected chi connectivity index (χ3v) is 9.76. The van der Waals surface area contributed by atoms with E-state index in [1.165, 1.54) is 57.8 Å². The van der Waals surface area contributed by atoms with Crippen molar-refractivity contribution in [2.75, 3.05) is 6.61 Å². The van der Waals surface area contributed by atoms with Gasteiger partial charge in [-0.25, -0.2) is 0 Å². The van der Waals surface area contributed by atoms with Gasteiger partial charge in [0.05, 0.1) is 12.0 Å². The Kier molecular flexibility index (Phi) is 3.43. The first-order valence-corrected chi connectivity index (χ1v) is 10.8. The van der Waals surface area contributed by atoms with Crippen molar-refractivity contribution in [1.29, 1.82) is 0 Å². The molecule has 0 aromatic carbocycles. The van der Waals surface area contributed by atoms with Gasteiger partial charge in [0.25, 0.3) is 0 Å². The molecule has 5 rings (SSSR count). The van der Waals surface area contributed by atoms with Gasteiger partial charge in [-0.15, -0.1) is 0 Å². The summed E-state index contributed by atoms with van der Waals surface area (Å²) in [4.78, 5) is 12.7. The van der Waals surface area contributed by atoms with E-state index in [0.717, 1.165) is 36.7 Å². The Morgan fingerprint density at radius 2 is 1.83 bits per heavy atom. The quantitative estimate of drug-likeness (QED) is 0.617. The normalized spacial score (nSPS) is 56.0. The summed E-state index contributed by atoms with van der Waals surface area (Å²) in [6, 6.07) is 0. The van der Waals surface area contributed by atoms with Crippen LogP contribution in [0.2, 0.25) is 0 Å². The molecule has 0 bridgehead atoms. The lowest BCUT2D eigenvalue weighted by Gasteiger charge is -2.61. The first-order chi connectivity index (χ1) is 11.6. The van der Waals surface area contributed by atoms with Gasteiger partial charge >= 0.3 is 5.97 Å². The summed E-state index contributed by atoms with van der Waals surface area (Å²) in [6.45, 7) is 5.67. The van der Waals surface area contributed by atoms with E-state index in [0.29, 0.717) is 17.3 Å². The van der Waals surface area contributed by atoms with Gasteiger partial charge in [0, 0.05) is 5.92 Å². The fourth-order valence-electron chi connectivity index (χ4n) is 8.72. The van der Waals surface area contributed by atoms with Crippen molar-refractivity contribution in [3.63, 3.8) is 0 Å². The molecule has 4 aliphatic carbocycles. The van der Waals surface area contributed by atoms with Crippen molar-refractivity contribution in [2.45, 2.75) is 78.1 Å². The second-order valence-electron chi connectivity index (χ2n) is 10.1. The van der Waals surface area contributed by atoms with Crippen molar-refractivity contribution in [3.05, 3.63) is 0 Å². The van der Waals surface area contributed by atoms with Gasteiger partial charge in [-0.3, -0.25) is 4.79 Å². The third kappa shape index (κ3) is 1.76. The zero-order valence-corrected chi connectivity index (χ0v) is 15.6. The number of carbonyl (C=O) groups excluding carboxylic acids is 1. The minimum Gasteiger partial charge on any atom is -0.465 e. The van der Waals surface area contributed by atoms with Gasteiger partial charge < -0.3 is 4.74 Å². The maximum Gasteiger partial charge on any atom is 0.312 e. The van der Waals surface area contributed by atoms with Gasteiger partial charge in [-0.05, 0) is 92.8 Å². The number of fused-ring (bicyclic) bond motifs is 4. The summed E-state index contributed by atoms with van der Waals surface area (Å²) < 4.78 is 5.59. The van der Waals surface area contributed by atoms with Gasteiger partial charge in [-0.1, -0.05) is 20.3 Å². The Bertz CT molecular complexity index is 542. The summed E-state index contributed by atoms with van der Waals surface area (Å²) in [5.41, 5.74) is 0.558. The van der Waals surface area contributed by atoms with Crippen LogP contribution in [0.3, 0.4) is 0 Å². The molecule has 1 saturated heterocycles. The molecule has 1 aliphatic heterocycles. The highest BCUT2D eigenvalue weighted by Gasteiger charge is 2.67. The van der Waals surface area contributed by atoms with Crippen LogP contribution < -0.4 is 0 Å². The molecule has 5 aliphatic rings. The lowest BCUT2D eigenvalue weighted by Crippen LogP contribution is -2.55. The van der Waals surface area contributed by atoms with Crippen LogP contribution in [0.25, 0.3) is 0 Å². The number of hydrogen-bond donors (Lipinski definition) is 0. The van der Waals surface area contributed by atoms with Crippen molar-refractivity contribution < 1.29 is 9.53 Å². The van der Waals surface area contributed by atoms with Crippen LogP contribution in [0, 0.1) is 46.3 Å². The summed E-state index contributed by atoms with van der Waals surface area (Å²) >= 11 is 0. The first kappa shape index (κ1) is 15.7.